The summed E-state index contributed by atoms with van der Waals surface area (Å²) in [5.74, 6) is -0.0557. The molecule has 0 saturated heterocycles. The van der Waals surface area contributed by atoms with Crippen molar-refractivity contribution in [3.63, 3.8) is 0 Å². The summed E-state index contributed by atoms with van der Waals surface area (Å²) in [6, 6.07) is 16.5. The number of aromatic nitrogens is 4. The first-order valence-corrected chi connectivity index (χ1v) is 10.9. The number of benzene rings is 2. The molecule has 0 atom stereocenters. The van der Waals surface area contributed by atoms with Crippen LogP contribution in [-0.4, -0.2) is 31.5 Å². The first-order valence-electron chi connectivity index (χ1n) is 8.36. The van der Waals surface area contributed by atoms with Crippen LogP contribution in [0.25, 0.3) is 16.9 Å². The number of carbonyl (C=O) groups is 1. The van der Waals surface area contributed by atoms with E-state index in [9.17, 15) is 4.79 Å². The number of rotatable bonds is 5. The van der Waals surface area contributed by atoms with Gasteiger partial charge in [-0.2, -0.15) is 9.61 Å². The summed E-state index contributed by atoms with van der Waals surface area (Å²) in [6.45, 7) is 0. The molecule has 0 aliphatic rings. The molecule has 2 aromatic heterocycles. The number of anilines is 1. The Morgan fingerprint density at radius 1 is 1.03 bits per heavy atom. The van der Waals surface area contributed by atoms with Crippen LogP contribution in [0.3, 0.4) is 0 Å². The van der Waals surface area contributed by atoms with Gasteiger partial charge in [-0.1, -0.05) is 63.0 Å². The van der Waals surface area contributed by atoms with Gasteiger partial charge in [-0.3, -0.25) is 4.79 Å². The molecule has 1 amide bonds. The Balaban J connectivity index is 1.48. The van der Waals surface area contributed by atoms with Crippen LogP contribution in [-0.2, 0) is 4.79 Å². The van der Waals surface area contributed by atoms with E-state index in [1.54, 1.807) is 22.7 Å². The van der Waals surface area contributed by atoms with Gasteiger partial charge in [-0.15, -0.1) is 10.2 Å². The molecule has 1 N–H and O–H groups in total. The Labute approximate surface area is 188 Å². The third kappa shape index (κ3) is 4.72. The van der Waals surface area contributed by atoms with Gasteiger partial charge in [0.1, 0.15) is 0 Å². The van der Waals surface area contributed by atoms with Crippen LogP contribution in [0.1, 0.15) is 0 Å². The Bertz CT molecular complexity index is 1200. The average Bonchev–Trinajstić information content (AvgIpc) is 3.12. The average molecular weight is 509 g/mol. The van der Waals surface area contributed by atoms with E-state index >= 15 is 0 Å². The molecule has 146 valence electrons. The first-order chi connectivity index (χ1) is 14.0. The van der Waals surface area contributed by atoms with Crippen LogP contribution in [0.2, 0.25) is 10.0 Å². The molecule has 0 fully saturated rings. The third-order valence-corrected chi connectivity index (χ3v) is 6.10. The van der Waals surface area contributed by atoms with Crippen LogP contribution >= 0.6 is 50.9 Å². The second-order valence-corrected chi connectivity index (χ2v) is 8.62. The summed E-state index contributed by atoms with van der Waals surface area (Å²) >= 11 is 16.5. The summed E-state index contributed by atoms with van der Waals surface area (Å²) in [7, 11) is 0. The minimum Gasteiger partial charge on any atom is -0.325 e. The maximum atomic E-state index is 12.3. The molecule has 10 heteroatoms. The predicted molar refractivity (Wildman–Crippen MR) is 120 cm³/mol. The zero-order valence-electron chi connectivity index (χ0n) is 14.6. The molecule has 0 aliphatic heterocycles. The number of nitrogens with one attached hydrogen (secondary N) is 1. The highest BCUT2D eigenvalue weighted by Gasteiger charge is 2.12. The summed E-state index contributed by atoms with van der Waals surface area (Å²) in [6.07, 6.45) is 0. The smallest absolute Gasteiger partial charge is 0.234 e. The molecular formula is C19H12BrCl2N5OS. The predicted octanol–water partition coefficient (Wildman–Crippen LogP) is 5.59. The minimum absolute atomic E-state index is 0.144. The van der Waals surface area contributed by atoms with E-state index in [4.69, 9.17) is 23.2 Å². The highest BCUT2D eigenvalue weighted by Crippen LogP contribution is 2.26. The van der Waals surface area contributed by atoms with Crippen LogP contribution in [0.5, 0.6) is 0 Å². The van der Waals surface area contributed by atoms with Gasteiger partial charge in [0.05, 0.1) is 21.5 Å². The van der Waals surface area contributed by atoms with E-state index in [0.29, 0.717) is 26.5 Å². The number of amides is 1. The number of thioether (sulfide) groups is 1. The lowest BCUT2D eigenvalue weighted by Crippen LogP contribution is -2.14. The SMILES string of the molecule is O=C(CSc1nnc2ccc(-c3ccc(Br)cc3)nn12)Nc1ccc(Cl)c(Cl)c1. The largest absolute Gasteiger partial charge is 0.325 e. The molecule has 4 aromatic rings. The molecule has 2 heterocycles. The highest BCUT2D eigenvalue weighted by atomic mass is 79.9. The van der Waals surface area contributed by atoms with Crippen molar-refractivity contribution in [2.75, 3.05) is 11.1 Å². The fraction of sp³-hybridized carbons (Fsp3) is 0.0526. The van der Waals surface area contributed by atoms with Crippen LogP contribution in [0.4, 0.5) is 5.69 Å². The van der Waals surface area contributed by atoms with Crippen molar-refractivity contribution < 1.29 is 4.79 Å². The summed E-state index contributed by atoms with van der Waals surface area (Å²) < 4.78 is 2.63. The van der Waals surface area contributed by atoms with E-state index < -0.39 is 0 Å². The maximum Gasteiger partial charge on any atom is 0.234 e. The quantitative estimate of drug-likeness (QED) is 0.355. The van der Waals surface area contributed by atoms with Crippen molar-refractivity contribution in [2.45, 2.75) is 5.16 Å². The fourth-order valence-electron chi connectivity index (χ4n) is 2.53. The van der Waals surface area contributed by atoms with Crippen LogP contribution in [0, 0.1) is 0 Å². The zero-order valence-corrected chi connectivity index (χ0v) is 18.6. The Morgan fingerprint density at radius 2 is 1.83 bits per heavy atom. The molecule has 0 aliphatic carbocycles. The van der Waals surface area contributed by atoms with E-state index in [-0.39, 0.29) is 11.7 Å². The first kappa shape index (κ1) is 20.2. The van der Waals surface area contributed by atoms with Gasteiger partial charge in [0, 0.05) is 15.7 Å². The molecule has 29 heavy (non-hydrogen) atoms. The number of nitrogens with zero attached hydrogens (tertiary/aromatic N) is 4. The molecular weight excluding hydrogens is 497 g/mol. The van der Waals surface area contributed by atoms with Gasteiger partial charge in [0.2, 0.25) is 11.1 Å². The lowest BCUT2D eigenvalue weighted by Gasteiger charge is -2.06. The number of halogens is 3. The van der Waals surface area contributed by atoms with Crippen LogP contribution in [0.15, 0.2) is 64.2 Å². The molecule has 6 nitrogen and oxygen atoms in total. The van der Waals surface area contributed by atoms with E-state index in [1.807, 2.05) is 36.4 Å². The van der Waals surface area contributed by atoms with Crippen LogP contribution < -0.4 is 5.32 Å². The van der Waals surface area contributed by atoms with Crippen molar-refractivity contribution in [1.82, 2.24) is 19.8 Å². The van der Waals surface area contributed by atoms with Crippen molar-refractivity contribution >= 4 is 68.1 Å². The maximum absolute atomic E-state index is 12.3. The lowest BCUT2D eigenvalue weighted by atomic mass is 10.1. The second-order valence-electron chi connectivity index (χ2n) is 5.94. The molecule has 0 radical (unpaired) electrons. The molecule has 0 unspecified atom stereocenters. The lowest BCUT2D eigenvalue weighted by molar-refractivity contribution is -0.113. The topological polar surface area (TPSA) is 72.2 Å². The van der Waals surface area contributed by atoms with Crippen molar-refractivity contribution in [3.8, 4) is 11.3 Å². The van der Waals surface area contributed by atoms with E-state index in [2.05, 4.69) is 36.5 Å². The van der Waals surface area contributed by atoms with Gasteiger partial charge in [0.15, 0.2) is 5.65 Å². The molecule has 0 bridgehead atoms. The fourth-order valence-corrected chi connectivity index (χ4v) is 3.78. The molecule has 2 aromatic carbocycles. The summed E-state index contributed by atoms with van der Waals surface area (Å²) in [5.41, 5.74) is 2.94. The van der Waals surface area contributed by atoms with E-state index in [0.717, 1.165) is 15.7 Å². The second kappa shape index (κ2) is 8.71. The zero-order chi connectivity index (χ0) is 20.4. The Hall–Kier alpha value is -2.13. The molecule has 0 saturated carbocycles. The Morgan fingerprint density at radius 3 is 2.59 bits per heavy atom. The van der Waals surface area contributed by atoms with E-state index in [1.165, 1.54) is 11.8 Å². The number of hydrogen-bond acceptors (Lipinski definition) is 5. The molecule has 0 spiro atoms. The monoisotopic (exact) mass is 507 g/mol. The highest BCUT2D eigenvalue weighted by molar-refractivity contribution is 9.10. The number of carbonyl (C=O) groups excluding carboxylic acids is 1. The van der Waals surface area contributed by atoms with Gasteiger partial charge >= 0.3 is 0 Å². The van der Waals surface area contributed by atoms with Crippen molar-refractivity contribution in [3.05, 3.63) is 69.1 Å². The minimum atomic E-state index is -0.200. The summed E-state index contributed by atoms with van der Waals surface area (Å²) in [5, 5.41) is 17.0. The van der Waals surface area contributed by atoms with Crippen molar-refractivity contribution in [1.29, 1.82) is 0 Å². The Kier molecular flexibility index (Phi) is 6.05. The summed E-state index contributed by atoms with van der Waals surface area (Å²) in [4.78, 5) is 12.3. The number of hydrogen-bond donors (Lipinski definition) is 1. The molecule has 4 rings (SSSR count). The number of fused-ring (bicyclic) bond motifs is 1. The standard InChI is InChI=1S/C19H12BrCl2N5OS/c20-12-3-1-11(2-4-12)16-7-8-17-24-25-19(27(17)26-16)29-10-18(28)23-13-5-6-14(21)15(22)9-13/h1-9H,10H2,(H,23,28). The van der Waals surface area contributed by atoms with Gasteiger partial charge < -0.3 is 5.32 Å². The van der Waals surface area contributed by atoms with Gasteiger partial charge in [0.25, 0.3) is 0 Å². The van der Waals surface area contributed by atoms with Gasteiger partial charge in [-0.05, 0) is 42.5 Å². The van der Waals surface area contributed by atoms with Crippen molar-refractivity contribution in [2.24, 2.45) is 0 Å². The third-order valence-electron chi connectivity index (χ3n) is 3.91. The van der Waals surface area contributed by atoms with Gasteiger partial charge in [-0.25, -0.2) is 0 Å². The normalized spacial score (nSPS) is 11.0.